The predicted molar refractivity (Wildman–Crippen MR) is 84.7 cm³/mol. The lowest BCUT2D eigenvalue weighted by atomic mass is 10.3. The average molecular weight is 347 g/mol. The lowest BCUT2D eigenvalue weighted by Gasteiger charge is -2.13. The first-order valence-electron chi connectivity index (χ1n) is 5.75. The highest BCUT2D eigenvalue weighted by atomic mass is 35.5. The zero-order valence-corrected chi connectivity index (χ0v) is 13.3. The van der Waals surface area contributed by atoms with E-state index in [0.29, 0.717) is 10.7 Å². The van der Waals surface area contributed by atoms with Crippen LogP contribution in [0.3, 0.4) is 0 Å². The summed E-state index contributed by atoms with van der Waals surface area (Å²) in [6.07, 6.45) is 0. The molecule has 0 radical (unpaired) electrons. The Hall–Kier alpha value is -1.63. The molecule has 0 bridgehead atoms. The summed E-state index contributed by atoms with van der Waals surface area (Å²) >= 11 is 11.7. The number of ether oxygens (including phenoxy) is 1. The third-order valence-electron chi connectivity index (χ3n) is 2.65. The van der Waals surface area contributed by atoms with Gasteiger partial charge in [-0.25, -0.2) is 8.42 Å². The molecule has 8 heteroatoms. The Balaban J connectivity index is 2.45. The number of nitrogens with two attached hydrogens (primary N) is 1. The Morgan fingerprint density at radius 2 is 1.86 bits per heavy atom. The monoisotopic (exact) mass is 346 g/mol. The smallest absolute Gasteiger partial charge is 0.265 e. The second kappa shape index (κ2) is 6.01. The molecule has 2 aromatic rings. The van der Waals surface area contributed by atoms with Crippen LogP contribution in [0.15, 0.2) is 41.3 Å². The Bertz CT molecular complexity index is 779. The van der Waals surface area contributed by atoms with Gasteiger partial charge >= 0.3 is 0 Å². The molecule has 0 saturated heterocycles. The Labute approximate surface area is 132 Å². The van der Waals surface area contributed by atoms with Gasteiger partial charge in [0, 0.05) is 10.7 Å². The molecule has 0 amide bonds. The summed E-state index contributed by atoms with van der Waals surface area (Å²) in [5.41, 5.74) is 6.15. The van der Waals surface area contributed by atoms with Gasteiger partial charge in [-0.1, -0.05) is 23.2 Å². The van der Waals surface area contributed by atoms with Crippen molar-refractivity contribution < 1.29 is 13.2 Å². The molecule has 5 nitrogen and oxygen atoms in total. The fraction of sp³-hybridized carbons (Fsp3) is 0.0769. The minimum Gasteiger partial charge on any atom is -0.495 e. The first-order valence-corrected chi connectivity index (χ1v) is 7.99. The number of nitrogen functional groups attached to an aromatic ring is 1. The van der Waals surface area contributed by atoms with Crippen molar-refractivity contribution >= 4 is 44.6 Å². The number of methoxy groups -OCH3 is 1. The van der Waals surface area contributed by atoms with E-state index in [0.717, 1.165) is 0 Å². The number of benzene rings is 2. The van der Waals surface area contributed by atoms with Crippen LogP contribution in [-0.2, 0) is 10.0 Å². The van der Waals surface area contributed by atoms with Crippen LogP contribution in [0, 0.1) is 0 Å². The van der Waals surface area contributed by atoms with Crippen LogP contribution in [0.5, 0.6) is 5.75 Å². The number of anilines is 2. The van der Waals surface area contributed by atoms with Gasteiger partial charge in [0.1, 0.15) is 10.6 Å². The summed E-state index contributed by atoms with van der Waals surface area (Å²) < 4.78 is 32.3. The van der Waals surface area contributed by atoms with Crippen molar-refractivity contribution in [1.29, 1.82) is 0 Å². The molecule has 0 atom stereocenters. The number of hydrogen-bond acceptors (Lipinski definition) is 4. The highest BCUT2D eigenvalue weighted by molar-refractivity contribution is 7.92. The van der Waals surface area contributed by atoms with Crippen molar-refractivity contribution in [2.45, 2.75) is 4.90 Å². The quantitative estimate of drug-likeness (QED) is 0.831. The number of hydrogen-bond donors (Lipinski definition) is 2. The second-order valence-electron chi connectivity index (χ2n) is 4.14. The zero-order chi connectivity index (χ0) is 15.6. The largest absolute Gasteiger partial charge is 0.495 e. The van der Waals surface area contributed by atoms with Crippen molar-refractivity contribution in [3.05, 3.63) is 46.4 Å². The SMILES string of the molecule is COc1ccc(N)cc1S(=O)(=O)Nc1ccc(Cl)cc1Cl. The van der Waals surface area contributed by atoms with E-state index < -0.39 is 10.0 Å². The van der Waals surface area contributed by atoms with E-state index in [4.69, 9.17) is 33.7 Å². The Morgan fingerprint density at radius 3 is 2.48 bits per heavy atom. The molecule has 0 spiro atoms. The van der Waals surface area contributed by atoms with Gasteiger partial charge < -0.3 is 10.5 Å². The first-order chi connectivity index (χ1) is 9.83. The predicted octanol–water partition coefficient (Wildman–Crippen LogP) is 3.39. The Morgan fingerprint density at radius 1 is 1.14 bits per heavy atom. The van der Waals surface area contributed by atoms with E-state index >= 15 is 0 Å². The molecule has 0 aliphatic heterocycles. The molecule has 0 aliphatic rings. The molecule has 0 unspecified atom stereocenters. The molecule has 0 fully saturated rings. The minimum atomic E-state index is -3.90. The molecule has 0 aromatic heterocycles. The molecule has 3 N–H and O–H groups in total. The molecular weight excluding hydrogens is 335 g/mol. The highest BCUT2D eigenvalue weighted by Gasteiger charge is 2.21. The van der Waals surface area contributed by atoms with Crippen molar-refractivity contribution in [2.24, 2.45) is 0 Å². The van der Waals surface area contributed by atoms with Gasteiger partial charge in [0.05, 0.1) is 17.8 Å². The third-order valence-corrected chi connectivity index (χ3v) is 4.59. The van der Waals surface area contributed by atoms with Crippen LogP contribution in [0.25, 0.3) is 0 Å². The summed E-state index contributed by atoms with van der Waals surface area (Å²) in [4.78, 5) is -0.0731. The molecule has 0 heterocycles. The van der Waals surface area contributed by atoms with E-state index in [1.807, 2.05) is 0 Å². The standard InChI is InChI=1S/C13H12Cl2N2O3S/c1-20-12-5-3-9(16)7-13(12)21(18,19)17-11-4-2-8(14)6-10(11)15/h2-7,17H,16H2,1H3. The molecule has 0 aliphatic carbocycles. The van der Waals surface area contributed by atoms with Crippen molar-refractivity contribution in [1.82, 2.24) is 0 Å². The fourth-order valence-corrected chi connectivity index (χ4v) is 3.47. The number of nitrogens with one attached hydrogen (secondary N) is 1. The van der Waals surface area contributed by atoms with E-state index in [1.165, 1.54) is 37.4 Å². The summed E-state index contributed by atoms with van der Waals surface area (Å²) in [7, 11) is -2.52. The van der Waals surface area contributed by atoms with Crippen molar-refractivity contribution in [2.75, 3.05) is 17.6 Å². The maximum Gasteiger partial charge on any atom is 0.265 e. The van der Waals surface area contributed by atoms with Gasteiger partial charge in [0.2, 0.25) is 0 Å². The molecule has 2 rings (SSSR count). The van der Waals surface area contributed by atoms with Crippen LogP contribution in [0.4, 0.5) is 11.4 Å². The molecule has 0 saturated carbocycles. The zero-order valence-electron chi connectivity index (χ0n) is 10.9. The third kappa shape index (κ3) is 3.53. The average Bonchev–Trinajstić information content (AvgIpc) is 2.42. The summed E-state index contributed by atoms with van der Waals surface area (Å²) in [5.74, 6) is 0.182. The van der Waals surface area contributed by atoms with Crippen LogP contribution in [0.2, 0.25) is 10.0 Å². The van der Waals surface area contributed by atoms with Crippen molar-refractivity contribution in [3.8, 4) is 5.75 Å². The van der Waals surface area contributed by atoms with Gasteiger partial charge in [0.25, 0.3) is 10.0 Å². The van der Waals surface area contributed by atoms with E-state index in [-0.39, 0.29) is 21.4 Å². The summed E-state index contributed by atoms with van der Waals surface area (Å²) in [5, 5.41) is 0.596. The van der Waals surface area contributed by atoms with Gasteiger partial charge in [-0.15, -0.1) is 0 Å². The van der Waals surface area contributed by atoms with Gasteiger partial charge in [-0.3, -0.25) is 4.72 Å². The number of rotatable bonds is 4. The lowest BCUT2D eigenvalue weighted by Crippen LogP contribution is -2.14. The molecule has 112 valence electrons. The minimum absolute atomic E-state index is 0.0731. The number of sulfonamides is 1. The van der Waals surface area contributed by atoms with Crippen LogP contribution in [0.1, 0.15) is 0 Å². The molecule has 2 aromatic carbocycles. The van der Waals surface area contributed by atoms with Gasteiger partial charge in [-0.05, 0) is 36.4 Å². The van der Waals surface area contributed by atoms with E-state index in [9.17, 15) is 8.42 Å². The Kier molecular flexibility index (Phi) is 4.51. The van der Waals surface area contributed by atoms with Crippen LogP contribution in [-0.4, -0.2) is 15.5 Å². The maximum absolute atomic E-state index is 12.4. The second-order valence-corrected chi connectivity index (χ2v) is 6.63. The number of halogens is 2. The summed E-state index contributed by atoms with van der Waals surface area (Å²) in [6, 6.07) is 8.78. The van der Waals surface area contributed by atoms with E-state index in [1.54, 1.807) is 6.07 Å². The van der Waals surface area contributed by atoms with Gasteiger partial charge in [-0.2, -0.15) is 0 Å². The molecule has 21 heavy (non-hydrogen) atoms. The van der Waals surface area contributed by atoms with Crippen LogP contribution < -0.4 is 15.2 Å². The van der Waals surface area contributed by atoms with Crippen molar-refractivity contribution in [3.63, 3.8) is 0 Å². The summed E-state index contributed by atoms with van der Waals surface area (Å²) in [6.45, 7) is 0. The maximum atomic E-state index is 12.4. The molecular formula is C13H12Cl2N2O3S. The lowest BCUT2D eigenvalue weighted by molar-refractivity contribution is 0.403. The first kappa shape index (κ1) is 15.8. The van der Waals surface area contributed by atoms with Gasteiger partial charge in [0.15, 0.2) is 0 Å². The normalized spacial score (nSPS) is 11.2. The topological polar surface area (TPSA) is 81.4 Å². The highest BCUT2D eigenvalue weighted by Crippen LogP contribution is 2.31. The van der Waals surface area contributed by atoms with Crippen LogP contribution >= 0.6 is 23.2 Å². The fourth-order valence-electron chi connectivity index (χ4n) is 1.68. The van der Waals surface area contributed by atoms with E-state index in [2.05, 4.69) is 4.72 Å².